The number of nitrogens with zero attached hydrogens (tertiary/aromatic N) is 2. The van der Waals surface area contributed by atoms with Crippen LogP contribution >= 0.6 is 11.3 Å². The third-order valence-corrected chi connectivity index (χ3v) is 5.90. The Balaban J connectivity index is 1.38. The second-order valence-electron chi connectivity index (χ2n) is 7.24. The van der Waals surface area contributed by atoms with E-state index in [2.05, 4.69) is 16.9 Å². The number of carbonyl (C=O) groups excluding carboxylic acids is 2. The van der Waals surface area contributed by atoms with Gasteiger partial charge in [-0.15, -0.1) is 17.9 Å². The highest BCUT2D eigenvalue weighted by Crippen LogP contribution is 2.27. The van der Waals surface area contributed by atoms with Gasteiger partial charge in [-0.1, -0.05) is 66.7 Å². The van der Waals surface area contributed by atoms with Crippen LogP contribution in [0.15, 0.2) is 90.8 Å². The number of hydrogen-bond donors (Lipinski definition) is 1. The molecule has 1 aromatic heterocycles. The maximum Gasteiger partial charge on any atom is 0.251 e. The Bertz CT molecular complexity index is 1250. The molecule has 2 amide bonds. The minimum atomic E-state index is -0.195. The number of hydrogen-bond acceptors (Lipinski definition) is 4. The summed E-state index contributed by atoms with van der Waals surface area (Å²) in [6.07, 6.45) is 1.85. The Hall–Kier alpha value is -3.77. The molecule has 0 saturated carbocycles. The molecule has 32 heavy (non-hydrogen) atoms. The van der Waals surface area contributed by atoms with Gasteiger partial charge in [0.25, 0.3) is 5.91 Å². The minimum Gasteiger partial charge on any atom is -0.352 e. The van der Waals surface area contributed by atoms with Gasteiger partial charge in [0.15, 0.2) is 5.13 Å². The fraction of sp³-hybridized carbons (Fsp3) is 0.115. The van der Waals surface area contributed by atoms with Crippen molar-refractivity contribution in [1.29, 1.82) is 0 Å². The fourth-order valence-corrected chi connectivity index (χ4v) is 4.26. The Morgan fingerprint density at radius 1 is 1.00 bits per heavy atom. The Morgan fingerprint density at radius 3 is 2.53 bits per heavy atom. The summed E-state index contributed by atoms with van der Waals surface area (Å²) in [5.74, 6) is -0.308. The smallest absolute Gasteiger partial charge is 0.251 e. The normalized spacial score (nSPS) is 10.6. The molecule has 5 nitrogen and oxygen atoms in total. The second-order valence-corrected chi connectivity index (χ2v) is 8.08. The average Bonchev–Trinajstić information content (AvgIpc) is 3.32. The van der Waals surface area contributed by atoms with E-state index >= 15 is 0 Å². The Morgan fingerprint density at radius 2 is 1.75 bits per heavy atom. The van der Waals surface area contributed by atoms with Gasteiger partial charge in [-0.3, -0.25) is 14.5 Å². The summed E-state index contributed by atoms with van der Waals surface area (Å²) in [6.45, 7) is 4.37. The SMILES string of the molecule is C=CCN(C(=O)CCNC(=O)c1ccc2ccccc2c1)c1nc(-c2ccccc2)cs1. The van der Waals surface area contributed by atoms with E-state index < -0.39 is 0 Å². The van der Waals surface area contributed by atoms with E-state index in [0.717, 1.165) is 22.0 Å². The van der Waals surface area contributed by atoms with Crippen LogP contribution in [0.4, 0.5) is 5.13 Å². The number of anilines is 1. The summed E-state index contributed by atoms with van der Waals surface area (Å²) < 4.78 is 0. The molecule has 0 bridgehead atoms. The number of aromatic nitrogens is 1. The fourth-order valence-electron chi connectivity index (χ4n) is 3.40. The monoisotopic (exact) mass is 441 g/mol. The Kier molecular flexibility index (Phi) is 6.72. The van der Waals surface area contributed by atoms with Gasteiger partial charge < -0.3 is 5.32 Å². The van der Waals surface area contributed by atoms with Crippen molar-refractivity contribution in [1.82, 2.24) is 10.3 Å². The first-order chi connectivity index (χ1) is 15.7. The van der Waals surface area contributed by atoms with Crippen molar-refractivity contribution in [3.63, 3.8) is 0 Å². The van der Waals surface area contributed by atoms with E-state index in [4.69, 9.17) is 0 Å². The maximum atomic E-state index is 12.9. The molecule has 0 spiro atoms. The number of nitrogens with one attached hydrogen (secondary N) is 1. The Labute approximate surface area is 191 Å². The van der Waals surface area contributed by atoms with Gasteiger partial charge in [-0.05, 0) is 22.9 Å². The third-order valence-electron chi connectivity index (χ3n) is 5.04. The van der Waals surface area contributed by atoms with Crippen molar-refractivity contribution in [2.75, 3.05) is 18.0 Å². The number of thiazole rings is 1. The van der Waals surface area contributed by atoms with Crippen LogP contribution in [0.25, 0.3) is 22.0 Å². The molecule has 0 saturated heterocycles. The number of benzene rings is 3. The van der Waals surface area contributed by atoms with Crippen molar-refractivity contribution in [3.8, 4) is 11.3 Å². The van der Waals surface area contributed by atoms with Crippen molar-refractivity contribution >= 4 is 39.1 Å². The molecule has 0 fully saturated rings. The molecule has 1 N–H and O–H groups in total. The highest BCUT2D eigenvalue weighted by molar-refractivity contribution is 7.14. The van der Waals surface area contributed by atoms with Crippen LogP contribution in [0, 0.1) is 0 Å². The summed E-state index contributed by atoms with van der Waals surface area (Å²) in [6, 6.07) is 23.3. The quantitative estimate of drug-likeness (QED) is 0.377. The van der Waals surface area contributed by atoms with Gasteiger partial charge in [0.1, 0.15) is 0 Å². The van der Waals surface area contributed by atoms with E-state index in [1.165, 1.54) is 11.3 Å². The standard InChI is InChI=1S/C26H23N3O2S/c1-2-16-29(26-28-23(18-32-26)20-9-4-3-5-10-20)24(30)14-15-27-25(31)22-13-12-19-8-6-7-11-21(19)17-22/h2-13,17-18H,1,14-16H2,(H,27,31). The summed E-state index contributed by atoms with van der Waals surface area (Å²) in [7, 11) is 0. The van der Waals surface area contributed by atoms with E-state index in [0.29, 0.717) is 17.2 Å². The van der Waals surface area contributed by atoms with Crippen LogP contribution in [0.1, 0.15) is 16.8 Å². The van der Waals surface area contributed by atoms with Gasteiger partial charge in [-0.2, -0.15) is 0 Å². The summed E-state index contributed by atoms with van der Waals surface area (Å²) in [5, 5.41) is 7.49. The molecule has 0 atom stereocenters. The number of carbonyl (C=O) groups is 2. The van der Waals surface area contributed by atoms with E-state index in [9.17, 15) is 9.59 Å². The predicted octanol–water partition coefficient (Wildman–Crippen LogP) is 5.30. The van der Waals surface area contributed by atoms with Crippen molar-refractivity contribution in [2.24, 2.45) is 0 Å². The van der Waals surface area contributed by atoms with Crippen LogP contribution in [0.2, 0.25) is 0 Å². The number of rotatable bonds is 8. The van der Waals surface area contributed by atoms with Crippen LogP contribution in [-0.2, 0) is 4.79 Å². The van der Waals surface area contributed by atoms with Gasteiger partial charge in [-0.25, -0.2) is 4.98 Å². The van der Waals surface area contributed by atoms with Crippen LogP contribution < -0.4 is 10.2 Å². The lowest BCUT2D eigenvalue weighted by atomic mass is 10.1. The second kappa shape index (κ2) is 10.0. The molecule has 0 aliphatic rings. The number of fused-ring (bicyclic) bond motifs is 1. The van der Waals surface area contributed by atoms with Crippen LogP contribution in [-0.4, -0.2) is 29.9 Å². The van der Waals surface area contributed by atoms with Crippen molar-refractivity contribution < 1.29 is 9.59 Å². The molecule has 1 heterocycles. The average molecular weight is 442 g/mol. The topological polar surface area (TPSA) is 62.3 Å². The first-order valence-corrected chi connectivity index (χ1v) is 11.2. The molecular formula is C26H23N3O2S. The molecule has 160 valence electrons. The first kappa shape index (κ1) is 21.5. The molecule has 0 unspecified atom stereocenters. The molecular weight excluding hydrogens is 418 g/mol. The van der Waals surface area contributed by atoms with Crippen LogP contribution in [0.3, 0.4) is 0 Å². The van der Waals surface area contributed by atoms with Gasteiger partial charge in [0.2, 0.25) is 5.91 Å². The molecule has 4 rings (SSSR count). The zero-order chi connectivity index (χ0) is 22.3. The lowest BCUT2D eigenvalue weighted by Crippen LogP contribution is -2.34. The van der Waals surface area contributed by atoms with Crippen molar-refractivity contribution in [3.05, 3.63) is 96.4 Å². The van der Waals surface area contributed by atoms with Crippen molar-refractivity contribution in [2.45, 2.75) is 6.42 Å². The summed E-state index contributed by atoms with van der Waals surface area (Å²) in [5.41, 5.74) is 2.41. The zero-order valence-electron chi connectivity index (χ0n) is 17.5. The van der Waals surface area contributed by atoms with Gasteiger partial charge >= 0.3 is 0 Å². The lowest BCUT2D eigenvalue weighted by Gasteiger charge is -2.18. The molecule has 6 heteroatoms. The molecule has 0 radical (unpaired) electrons. The zero-order valence-corrected chi connectivity index (χ0v) is 18.3. The van der Waals surface area contributed by atoms with E-state index in [1.807, 2.05) is 72.1 Å². The van der Waals surface area contributed by atoms with Gasteiger partial charge in [0.05, 0.1) is 5.69 Å². The predicted molar refractivity (Wildman–Crippen MR) is 131 cm³/mol. The maximum absolute atomic E-state index is 12.9. The minimum absolute atomic E-state index is 0.113. The molecule has 3 aromatic carbocycles. The third kappa shape index (κ3) is 4.92. The molecule has 0 aliphatic carbocycles. The highest BCUT2D eigenvalue weighted by atomic mass is 32.1. The summed E-state index contributed by atoms with van der Waals surface area (Å²) >= 11 is 1.42. The lowest BCUT2D eigenvalue weighted by molar-refractivity contribution is -0.118. The molecule has 0 aliphatic heterocycles. The number of amides is 2. The van der Waals surface area contributed by atoms with E-state index in [-0.39, 0.29) is 24.8 Å². The van der Waals surface area contributed by atoms with Gasteiger partial charge in [0, 0.05) is 36.0 Å². The summed E-state index contributed by atoms with van der Waals surface area (Å²) in [4.78, 5) is 31.6. The molecule has 4 aromatic rings. The van der Waals surface area contributed by atoms with Crippen LogP contribution in [0.5, 0.6) is 0 Å². The largest absolute Gasteiger partial charge is 0.352 e. The highest BCUT2D eigenvalue weighted by Gasteiger charge is 2.18. The van der Waals surface area contributed by atoms with E-state index in [1.54, 1.807) is 17.0 Å². The first-order valence-electron chi connectivity index (χ1n) is 10.3.